The standard InChI is InChI=1S/C19H22N2O4/c1-3-11-20-16-7-5-6-8-17(16)25-13-9-10-15(21-18(22)4-2)14(12-13)19(23)24/h5-10,12,20H,3-4,11H2,1-2H3,(H,21,22)(H,23,24). The zero-order chi connectivity index (χ0) is 18.2. The van der Waals surface area contributed by atoms with E-state index in [-0.39, 0.29) is 23.6 Å². The molecule has 2 rings (SSSR count). The van der Waals surface area contributed by atoms with Crippen LogP contribution in [0.25, 0.3) is 0 Å². The third-order valence-electron chi connectivity index (χ3n) is 3.50. The van der Waals surface area contributed by atoms with Crippen molar-refractivity contribution < 1.29 is 19.4 Å². The van der Waals surface area contributed by atoms with Gasteiger partial charge in [0.1, 0.15) is 5.75 Å². The van der Waals surface area contributed by atoms with Crippen molar-refractivity contribution in [3.8, 4) is 11.5 Å². The second-order valence-corrected chi connectivity index (χ2v) is 5.44. The molecule has 0 saturated carbocycles. The number of anilines is 2. The zero-order valence-corrected chi connectivity index (χ0v) is 14.3. The van der Waals surface area contributed by atoms with Gasteiger partial charge in [-0.3, -0.25) is 4.79 Å². The van der Waals surface area contributed by atoms with Crippen LogP contribution in [0, 0.1) is 0 Å². The number of benzene rings is 2. The number of amides is 1. The number of hydrogen-bond acceptors (Lipinski definition) is 4. The van der Waals surface area contributed by atoms with Gasteiger partial charge in [-0.1, -0.05) is 26.0 Å². The van der Waals surface area contributed by atoms with Gasteiger partial charge in [-0.2, -0.15) is 0 Å². The largest absolute Gasteiger partial charge is 0.478 e. The van der Waals surface area contributed by atoms with Crippen LogP contribution in [-0.4, -0.2) is 23.5 Å². The maximum atomic E-state index is 11.5. The average Bonchev–Trinajstić information content (AvgIpc) is 2.61. The molecule has 0 bridgehead atoms. The molecule has 0 radical (unpaired) electrons. The molecule has 2 aromatic rings. The third-order valence-corrected chi connectivity index (χ3v) is 3.50. The Morgan fingerprint density at radius 3 is 2.52 bits per heavy atom. The smallest absolute Gasteiger partial charge is 0.337 e. The maximum absolute atomic E-state index is 11.5. The number of hydrogen-bond donors (Lipinski definition) is 3. The summed E-state index contributed by atoms with van der Waals surface area (Å²) in [6.45, 7) is 4.58. The number of carbonyl (C=O) groups excluding carboxylic acids is 1. The van der Waals surface area contributed by atoms with E-state index in [4.69, 9.17) is 4.74 Å². The fraction of sp³-hybridized carbons (Fsp3) is 0.263. The van der Waals surface area contributed by atoms with Crippen molar-refractivity contribution in [2.75, 3.05) is 17.2 Å². The summed E-state index contributed by atoms with van der Waals surface area (Å²) >= 11 is 0. The minimum atomic E-state index is -1.13. The van der Waals surface area contributed by atoms with Crippen LogP contribution in [0.3, 0.4) is 0 Å². The number of nitrogens with one attached hydrogen (secondary N) is 2. The molecule has 0 aliphatic carbocycles. The third kappa shape index (κ3) is 4.97. The van der Waals surface area contributed by atoms with E-state index in [1.54, 1.807) is 13.0 Å². The minimum absolute atomic E-state index is 0.0155. The normalized spacial score (nSPS) is 10.2. The summed E-state index contributed by atoms with van der Waals surface area (Å²) in [6.07, 6.45) is 1.25. The molecule has 0 heterocycles. The predicted molar refractivity (Wildman–Crippen MR) is 97.6 cm³/mol. The molecule has 0 atom stereocenters. The molecule has 132 valence electrons. The van der Waals surface area contributed by atoms with Gasteiger partial charge < -0.3 is 20.5 Å². The van der Waals surface area contributed by atoms with E-state index in [2.05, 4.69) is 17.6 Å². The second-order valence-electron chi connectivity index (χ2n) is 5.44. The van der Waals surface area contributed by atoms with Crippen LogP contribution in [0.4, 0.5) is 11.4 Å². The summed E-state index contributed by atoms with van der Waals surface area (Å²) in [7, 11) is 0. The van der Waals surface area contributed by atoms with Crippen molar-refractivity contribution in [1.29, 1.82) is 0 Å². The molecule has 6 heteroatoms. The number of para-hydroxylation sites is 2. The number of carbonyl (C=O) groups is 2. The molecule has 0 saturated heterocycles. The molecule has 0 unspecified atom stereocenters. The first kappa shape index (κ1) is 18.3. The molecule has 2 aromatic carbocycles. The first-order chi connectivity index (χ1) is 12.0. The topological polar surface area (TPSA) is 87.7 Å². The number of carboxylic acid groups (broad SMARTS) is 1. The van der Waals surface area contributed by atoms with E-state index in [0.717, 1.165) is 18.7 Å². The lowest BCUT2D eigenvalue weighted by molar-refractivity contribution is -0.115. The summed E-state index contributed by atoms with van der Waals surface area (Å²) in [6, 6.07) is 12.0. The predicted octanol–water partition coefficient (Wildman–Crippen LogP) is 4.35. The van der Waals surface area contributed by atoms with Gasteiger partial charge in [-0.05, 0) is 36.8 Å². The van der Waals surface area contributed by atoms with Crippen molar-refractivity contribution in [2.45, 2.75) is 26.7 Å². The van der Waals surface area contributed by atoms with Gasteiger partial charge >= 0.3 is 5.97 Å². The van der Waals surface area contributed by atoms with Gasteiger partial charge in [0.15, 0.2) is 5.75 Å². The monoisotopic (exact) mass is 342 g/mol. The van der Waals surface area contributed by atoms with E-state index < -0.39 is 5.97 Å². The molecule has 1 amide bonds. The quantitative estimate of drug-likeness (QED) is 0.664. The Morgan fingerprint density at radius 2 is 1.84 bits per heavy atom. The van der Waals surface area contributed by atoms with E-state index in [1.165, 1.54) is 12.1 Å². The van der Waals surface area contributed by atoms with E-state index >= 15 is 0 Å². The highest BCUT2D eigenvalue weighted by atomic mass is 16.5. The van der Waals surface area contributed by atoms with Crippen molar-refractivity contribution >= 4 is 23.3 Å². The highest BCUT2D eigenvalue weighted by molar-refractivity contribution is 6.00. The van der Waals surface area contributed by atoms with Gasteiger partial charge in [-0.15, -0.1) is 0 Å². The first-order valence-electron chi connectivity index (χ1n) is 8.23. The molecule has 0 spiro atoms. The van der Waals surface area contributed by atoms with Gasteiger partial charge in [0.2, 0.25) is 5.91 Å². The molecule has 25 heavy (non-hydrogen) atoms. The zero-order valence-electron chi connectivity index (χ0n) is 14.3. The molecule has 0 aromatic heterocycles. The summed E-state index contributed by atoms with van der Waals surface area (Å²) in [5.74, 6) is -0.380. The Kier molecular flexibility index (Phi) is 6.39. The number of rotatable bonds is 8. The van der Waals surface area contributed by atoms with Crippen LogP contribution in [0.2, 0.25) is 0 Å². The van der Waals surface area contributed by atoms with Crippen LogP contribution in [0.1, 0.15) is 37.0 Å². The lowest BCUT2D eigenvalue weighted by Gasteiger charge is -2.14. The summed E-state index contributed by atoms with van der Waals surface area (Å²) in [5, 5.41) is 15.2. The van der Waals surface area contributed by atoms with Crippen LogP contribution in [0.5, 0.6) is 11.5 Å². The molecular formula is C19H22N2O4. The van der Waals surface area contributed by atoms with Crippen LogP contribution in [-0.2, 0) is 4.79 Å². The Bertz CT molecular complexity index is 759. The SMILES string of the molecule is CCCNc1ccccc1Oc1ccc(NC(=O)CC)c(C(=O)O)c1. The summed E-state index contributed by atoms with van der Waals surface area (Å²) < 4.78 is 5.85. The number of carboxylic acids is 1. The maximum Gasteiger partial charge on any atom is 0.337 e. The highest BCUT2D eigenvalue weighted by Gasteiger charge is 2.14. The molecule has 6 nitrogen and oxygen atoms in total. The number of ether oxygens (including phenoxy) is 1. The van der Waals surface area contributed by atoms with Crippen molar-refractivity contribution in [2.24, 2.45) is 0 Å². The molecule has 0 aliphatic heterocycles. The van der Waals surface area contributed by atoms with Gasteiger partial charge in [0, 0.05) is 13.0 Å². The van der Waals surface area contributed by atoms with Gasteiger partial charge in [0.05, 0.1) is 16.9 Å². The van der Waals surface area contributed by atoms with Gasteiger partial charge in [0.25, 0.3) is 0 Å². The van der Waals surface area contributed by atoms with Crippen molar-refractivity contribution in [3.05, 3.63) is 48.0 Å². The van der Waals surface area contributed by atoms with E-state index in [1.807, 2.05) is 24.3 Å². The van der Waals surface area contributed by atoms with Gasteiger partial charge in [-0.25, -0.2) is 4.79 Å². The number of aromatic carboxylic acids is 1. The summed E-state index contributed by atoms with van der Waals surface area (Å²) in [5.41, 5.74) is 1.08. The Morgan fingerprint density at radius 1 is 1.08 bits per heavy atom. The fourth-order valence-electron chi connectivity index (χ4n) is 2.20. The molecular weight excluding hydrogens is 320 g/mol. The molecule has 0 aliphatic rings. The fourth-order valence-corrected chi connectivity index (χ4v) is 2.20. The van der Waals surface area contributed by atoms with Crippen molar-refractivity contribution in [3.63, 3.8) is 0 Å². The molecule has 3 N–H and O–H groups in total. The highest BCUT2D eigenvalue weighted by Crippen LogP contribution is 2.31. The molecule has 0 fully saturated rings. The lowest BCUT2D eigenvalue weighted by Crippen LogP contribution is -2.13. The Labute approximate surface area is 146 Å². The average molecular weight is 342 g/mol. The summed E-state index contributed by atoms with van der Waals surface area (Å²) in [4.78, 5) is 23.0. The second kappa shape index (κ2) is 8.73. The lowest BCUT2D eigenvalue weighted by atomic mass is 10.1. The van der Waals surface area contributed by atoms with E-state index in [9.17, 15) is 14.7 Å². The first-order valence-corrected chi connectivity index (χ1v) is 8.23. The Hall–Kier alpha value is -3.02. The van der Waals surface area contributed by atoms with Crippen LogP contribution < -0.4 is 15.4 Å². The Balaban J connectivity index is 2.27. The minimum Gasteiger partial charge on any atom is -0.478 e. The van der Waals surface area contributed by atoms with Crippen LogP contribution >= 0.6 is 0 Å². The van der Waals surface area contributed by atoms with E-state index in [0.29, 0.717) is 11.5 Å². The van der Waals surface area contributed by atoms with Crippen molar-refractivity contribution in [1.82, 2.24) is 0 Å². The van der Waals surface area contributed by atoms with Crippen LogP contribution in [0.15, 0.2) is 42.5 Å².